The highest BCUT2D eigenvalue weighted by Crippen LogP contribution is 2.20. The SMILES string of the molecule is CCCc1nnc(C(C)(C)C)o1. The van der Waals surface area contributed by atoms with Gasteiger partial charge in [0.25, 0.3) is 0 Å². The number of rotatable bonds is 2. The van der Waals surface area contributed by atoms with Crippen LogP contribution < -0.4 is 0 Å². The molecule has 3 nitrogen and oxygen atoms in total. The molecule has 0 N–H and O–H groups in total. The van der Waals surface area contributed by atoms with E-state index in [9.17, 15) is 0 Å². The van der Waals surface area contributed by atoms with Crippen molar-refractivity contribution in [3.8, 4) is 0 Å². The fourth-order valence-corrected chi connectivity index (χ4v) is 0.872. The van der Waals surface area contributed by atoms with E-state index in [1.54, 1.807) is 0 Å². The number of aromatic nitrogens is 2. The molecule has 1 aromatic rings. The first-order valence-corrected chi connectivity index (χ1v) is 4.37. The van der Waals surface area contributed by atoms with E-state index in [2.05, 4.69) is 37.9 Å². The molecule has 3 heteroatoms. The van der Waals surface area contributed by atoms with Crippen LogP contribution in [0.15, 0.2) is 4.42 Å². The average molecular weight is 168 g/mol. The Hall–Kier alpha value is -0.860. The fourth-order valence-electron chi connectivity index (χ4n) is 0.872. The third kappa shape index (κ3) is 2.06. The Morgan fingerprint density at radius 1 is 1.25 bits per heavy atom. The second-order valence-corrected chi connectivity index (χ2v) is 4.00. The zero-order chi connectivity index (χ0) is 9.19. The van der Waals surface area contributed by atoms with Gasteiger partial charge in [0.1, 0.15) is 0 Å². The standard InChI is InChI=1S/C9H16N2O/c1-5-6-7-10-11-8(12-7)9(2,3)4/h5-6H2,1-4H3. The maximum absolute atomic E-state index is 5.47. The first kappa shape index (κ1) is 9.23. The molecule has 0 unspecified atom stereocenters. The Morgan fingerprint density at radius 3 is 2.33 bits per heavy atom. The maximum Gasteiger partial charge on any atom is 0.221 e. The molecule has 0 aliphatic heterocycles. The minimum Gasteiger partial charge on any atom is -0.425 e. The predicted molar refractivity (Wildman–Crippen MR) is 47.0 cm³/mol. The zero-order valence-corrected chi connectivity index (χ0v) is 8.22. The molecule has 0 radical (unpaired) electrons. The first-order valence-electron chi connectivity index (χ1n) is 4.37. The molecule has 0 saturated carbocycles. The largest absolute Gasteiger partial charge is 0.425 e. The highest BCUT2D eigenvalue weighted by atomic mass is 16.4. The normalized spacial score (nSPS) is 12.0. The van der Waals surface area contributed by atoms with E-state index in [4.69, 9.17) is 4.42 Å². The summed E-state index contributed by atoms with van der Waals surface area (Å²) in [4.78, 5) is 0. The molecule has 1 rings (SSSR count). The Balaban J connectivity index is 2.77. The van der Waals surface area contributed by atoms with Crippen LogP contribution in [0.2, 0.25) is 0 Å². The lowest BCUT2D eigenvalue weighted by molar-refractivity contribution is 0.370. The number of hydrogen-bond donors (Lipinski definition) is 0. The van der Waals surface area contributed by atoms with E-state index in [1.165, 1.54) is 0 Å². The minimum atomic E-state index is -0.0288. The summed E-state index contributed by atoms with van der Waals surface area (Å²) in [5, 5.41) is 7.95. The van der Waals surface area contributed by atoms with Crippen LogP contribution in [0.3, 0.4) is 0 Å². The number of hydrogen-bond acceptors (Lipinski definition) is 3. The van der Waals surface area contributed by atoms with E-state index >= 15 is 0 Å². The van der Waals surface area contributed by atoms with Crippen molar-refractivity contribution >= 4 is 0 Å². The van der Waals surface area contributed by atoms with Crippen LogP contribution in [-0.4, -0.2) is 10.2 Å². The molecule has 0 aliphatic rings. The van der Waals surface area contributed by atoms with Crippen LogP contribution in [-0.2, 0) is 11.8 Å². The van der Waals surface area contributed by atoms with E-state index in [0.29, 0.717) is 0 Å². The van der Waals surface area contributed by atoms with Crippen LogP contribution >= 0.6 is 0 Å². The van der Waals surface area contributed by atoms with Gasteiger partial charge in [-0.2, -0.15) is 0 Å². The summed E-state index contributed by atoms with van der Waals surface area (Å²) in [6.07, 6.45) is 1.93. The molecule has 0 aliphatic carbocycles. The third-order valence-electron chi connectivity index (χ3n) is 1.57. The second-order valence-electron chi connectivity index (χ2n) is 4.00. The van der Waals surface area contributed by atoms with E-state index in [1.807, 2.05) is 0 Å². The van der Waals surface area contributed by atoms with Crippen LogP contribution in [0.25, 0.3) is 0 Å². The Bertz CT molecular complexity index is 247. The molecule has 0 aromatic carbocycles. The van der Waals surface area contributed by atoms with Gasteiger partial charge in [-0.15, -0.1) is 10.2 Å². The van der Waals surface area contributed by atoms with E-state index in [0.717, 1.165) is 24.6 Å². The summed E-state index contributed by atoms with van der Waals surface area (Å²) in [6, 6.07) is 0. The summed E-state index contributed by atoms with van der Waals surface area (Å²) in [7, 11) is 0. The molecule has 0 bridgehead atoms. The Kier molecular flexibility index (Phi) is 2.50. The number of aryl methyl sites for hydroxylation is 1. The summed E-state index contributed by atoms with van der Waals surface area (Å²) < 4.78 is 5.47. The summed E-state index contributed by atoms with van der Waals surface area (Å²) in [6.45, 7) is 8.30. The van der Waals surface area contributed by atoms with Crippen LogP contribution in [0.5, 0.6) is 0 Å². The zero-order valence-electron chi connectivity index (χ0n) is 8.22. The van der Waals surface area contributed by atoms with Crippen molar-refractivity contribution in [1.29, 1.82) is 0 Å². The topological polar surface area (TPSA) is 38.9 Å². The quantitative estimate of drug-likeness (QED) is 0.680. The van der Waals surface area contributed by atoms with Crippen molar-refractivity contribution in [2.45, 2.75) is 46.0 Å². The van der Waals surface area contributed by atoms with Gasteiger partial charge in [-0.3, -0.25) is 0 Å². The lowest BCUT2D eigenvalue weighted by atomic mass is 9.97. The second kappa shape index (κ2) is 3.25. The smallest absolute Gasteiger partial charge is 0.221 e. The molecule has 12 heavy (non-hydrogen) atoms. The van der Waals surface area contributed by atoms with Gasteiger partial charge in [0.2, 0.25) is 11.8 Å². The van der Waals surface area contributed by atoms with Crippen LogP contribution in [0, 0.1) is 0 Å². The predicted octanol–water partition coefficient (Wildman–Crippen LogP) is 2.32. The number of nitrogens with zero attached hydrogens (tertiary/aromatic N) is 2. The molecule has 1 heterocycles. The van der Waals surface area contributed by atoms with Gasteiger partial charge in [0.15, 0.2) is 0 Å². The molecular weight excluding hydrogens is 152 g/mol. The molecule has 0 atom stereocenters. The van der Waals surface area contributed by atoms with Crippen molar-refractivity contribution in [2.75, 3.05) is 0 Å². The molecule has 1 aromatic heterocycles. The van der Waals surface area contributed by atoms with Crippen molar-refractivity contribution in [3.63, 3.8) is 0 Å². The van der Waals surface area contributed by atoms with Gasteiger partial charge >= 0.3 is 0 Å². The molecule has 0 saturated heterocycles. The third-order valence-corrected chi connectivity index (χ3v) is 1.57. The lowest BCUT2D eigenvalue weighted by Crippen LogP contribution is -2.11. The van der Waals surface area contributed by atoms with Gasteiger partial charge in [-0.05, 0) is 6.42 Å². The summed E-state index contributed by atoms with van der Waals surface area (Å²) >= 11 is 0. The highest BCUT2D eigenvalue weighted by molar-refractivity contribution is 4.95. The van der Waals surface area contributed by atoms with Crippen molar-refractivity contribution in [3.05, 3.63) is 11.8 Å². The van der Waals surface area contributed by atoms with Crippen molar-refractivity contribution in [2.24, 2.45) is 0 Å². The van der Waals surface area contributed by atoms with Gasteiger partial charge in [0, 0.05) is 11.8 Å². The minimum absolute atomic E-state index is 0.0288. The monoisotopic (exact) mass is 168 g/mol. The molecule has 0 fully saturated rings. The van der Waals surface area contributed by atoms with E-state index < -0.39 is 0 Å². The molecule has 0 amide bonds. The Labute approximate surface area is 73.2 Å². The maximum atomic E-state index is 5.47. The molecule has 0 spiro atoms. The van der Waals surface area contributed by atoms with Gasteiger partial charge < -0.3 is 4.42 Å². The van der Waals surface area contributed by atoms with Crippen LogP contribution in [0.4, 0.5) is 0 Å². The summed E-state index contributed by atoms with van der Waals surface area (Å²) in [5.74, 6) is 1.48. The molecule has 68 valence electrons. The first-order chi connectivity index (χ1) is 5.54. The van der Waals surface area contributed by atoms with Gasteiger partial charge in [-0.25, -0.2) is 0 Å². The van der Waals surface area contributed by atoms with E-state index in [-0.39, 0.29) is 5.41 Å². The van der Waals surface area contributed by atoms with Gasteiger partial charge in [0.05, 0.1) is 0 Å². The summed E-state index contributed by atoms with van der Waals surface area (Å²) in [5.41, 5.74) is -0.0288. The fraction of sp³-hybridized carbons (Fsp3) is 0.778. The van der Waals surface area contributed by atoms with Crippen LogP contribution in [0.1, 0.15) is 45.9 Å². The van der Waals surface area contributed by atoms with Crippen molar-refractivity contribution in [1.82, 2.24) is 10.2 Å². The van der Waals surface area contributed by atoms with Crippen molar-refractivity contribution < 1.29 is 4.42 Å². The molecular formula is C9H16N2O. The van der Waals surface area contributed by atoms with Gasteiger partial charge in [-0.1, -0.05) is 27.7 Å². The highest BCUT2D eigenvalue weighted by Gasteiger charge is 2.20. The Morgan fingerprint density at radius 2 is 1.92 bits per heavy atom. The lowest BCUT2D eigenvalue weighted by Gasteiger charge is -2.10. The average Bonchev–Trinajstić information content (AvgIpc) is 2.35.